The third-order valence-corrected chi connectivity index (χ3v) is 10.5. The zero-order valence-electron chi connectivity index (χ0n) is 24.1. The Balaban J connectivity index is 1.38. The van der Waals surface area contributed by atoms with E-state index < -0.39 is 0 Å². The summed E-state index contributed by atoms with van der Waals surface area (Å²) in [5.74, 6) is 0. The molecule has 0 saturated carbocycles. The lowest BCUT2D eigenvalue weighted by Crippen LogP contribution is -1.93. The second-order valence-electron chi connectivity index (χ2n) is 12.5. The Labute approximate surface area is 256 Å². The van der Waals surface area contributed by atoms with Gasteiger partial charge < -0.3 is 13.4 Å². The maximum absolute atomic E-state index is 2.54. The summed E-state index contributed by atoms with van der Waals surface area (Å²) in [6, 6.07) is 51.6. The minimum Gasteiger partial charge on any atom is -0.309 e. The maximum Gasteiger partial charge on any atom is 0.0628 e. The number of hydrogen-bond donors (Lipinski definition) is 0. The third-order valence-electron chi connectivity index (χ3n) is 10.5. The van der Waals surface area contributed by atoms with E-state index in [4.69, 9.17) is 0 Å². The number of rotatable bonds is 1. The van der Waals surface area contributed by atoms with E-state index in [1.807, 2.05) is 0 Å². The fourth-order valence-electron chi connectivity index (χ4n) is 8.79. The van der Waals surface area contributed by atoms with Crippen LogP contribution in [-0.2, 0) is 0 Å². The van der Waals surface area contributed by atoms with Crippen molar-refractivity contribution >= 4 is 98.0 Å². The lowest BCUT2D eigenvalue weighted by atomic mass is 10.0. The molecular formula is C42H23N3. The van der Waals surface area contributed by atoms with Crippen molar-refractivity contribution in [1.82, 2.24) is 13.4 Å². The van der Waals surface area contributed by atoms with Crippen LogP contribution in [0.4, 0.5) is 0 Å². The summed E-state index contributed by atoms with van der Waals surface area (Å²) < 4.78 is 7.48. The molecule has 0 amide bonds. The first-order valence-corrected chi connectivity index (χ1v) is 15.6. The first kappa shape index (κ1) is 22.5. The smallest absolute Gasteiger partial charge is 0.0628 e. The molecule has 3 nitrogen and oxygen atoms in total. The summed E-state index contributed by atoms with van der Waals surface area (Å²) >= 11 is 0. The average molecular weight is 570 g/mol. The second-order valence-corrected chi connectivity index (χ2v) is 12.5. The van der Waals surface area contributed by atoms with Crippen molar-refractivity contribution in [3.8, 4) is 5.69 Å². The zero-order valence-corrected chi connectivity index (χ0v) is 24.1. The maximum atomic E-state index is 2.54. The van der Waals surface area contributed by atoms with E-state index in [9.17, 15) is 0 Å². The quantitative estimate of drug-likeness (QED) is 0.187. The fourth-order valence-corrected chi connectivity index (χ4v) is 8.79. The van der Waals surface area contributed by atoms with Gasteiger partial charge in [-0.25, -0.2) is 0 Å². The van der Waals surface area contributed by atoms with Gasteiger partial charge in [-0.15, -0.1) is 0 Å². The Morgan fingerprint density at radius 2 is 0.889 bits per heavy atom. The highest BCUT2D eigenvalue weighted by molar-refractivity contribution is 6.38. The summed E-state index contributed by atoms with van der Waals surface area (Å²) in [7, 11) is 0. The van der Waals surface area contributed by atoms with Crippen molar-refractivity contribution in [3.63, 3.8) is 0 Å². The van der Waals surface area contributed by atoms with E-state index in [-0.39, 0.29) is 0 Å². The lowest BCUT2D eigenvalue weighted by molar-refractivity contribution is 1.18. The van der Waals surface area contributed by atoms with Crippen LogP contribution in [0, 0.1) is 0 Å². The van der Waals surface area contributed by atoms with Crippen molar-refractivity contribution in [1.29, 1.82) is 0 Å². The molecule has 5 heterocycles. The molecule has 206 valence electrons. The van der Waals surface area contributed by atoms with Gasteiger partial charge in [-0.1, -0.05) is 91.0 Å². The van der Waals surface area contributed by atoms with E-state index in [0.717, 1.165) is 0 Å². The van der Waals surface area contributed by atoms with Gasteiger partial charge in [-0.05, 0) is 48.5 Å². The van der Waals surface area contributed by atoms with Crippen LogP contribution < -0.4 is 0 Å². The van der Waals surface area contributed by atoms with Gasteiger partial charge in [0.2, 0.25) is 0 Å². The number of aromatic nitrogens is 3. The van der Waals surface area contributed by atoms with Crippen LogP contribution in [0.1, 0.15) is 0 Å². The molecule has 0 aliphatic carbocycles. The number of nitrogens with zero attached hydrogens (tertiary/aromatic N) is 3. The van der Waals surface area contributed by atoms with E-state index in [1.165, 1.54) is 104 Å². The molecule has 0 aliphatic heterocycles. The Bertz CT molecular complexity index is 3190. The molecule has 0 unspecified atom stereocenters. The number of benzene rings is 7. The molecule has 0 radical (unpaired) electrons. The molecule has 0 spiro atoms. The van der Waals surface area contributed by atoms with Gasteiger partial charge >= 0.3 is 0 Å². The van der Waals surface area contributed by atoms with Crippen molar-refractivity contribution in [2.24, 2.45) is 0 Å². The molecule has 0 atom stereocenters. The molecule has 12 rings (SSSR count). The highest BCUT2D eigenvalue weighted by Gasteiger charge is 2.26. The van der Waals surface area contributed by atoms with Crippen molar-refractivity contribution in [2.75, 3.05) is 0 Å². The van der Waals surface area contributed by atoms with Crippen LogP contribution >= 0.6 is 0 Å². The molecule has 5 aromatic heterocycles. The molecule has 0 bridgehead atoms. The average Bonchev–Trinajstić information content (AvgIpc) is 3.87. The monoisotopic (exact) mass is 569 g/mol. The first-order chi connectivity index (χ1) is 22.4. The fraction of sp³-hybridized carbons (Fsp3) is 0. The summed E-state index contributed by atoms with van der Waals surface area (Å²) in [6.45, 7) is 0. The highest BCUT2D eigenvalue weighted by atomic mass is 15.0. The van der Waals surface area contributed by atoms with Gasteiger partial charge in [0.1, 0.15) is 0 Å². The van der Waals surface area contributed by atoms with Crippen LogP contribution in [0.2, 0.25) is 0 Å². The topological polar surface area (TPSA) is 13.8 Å². The van der Waals surface area contributed by atoms with Gasteiger partial charge in [0, 0.05) is 59.5 Å². The van der Waals surface area contributed by atoms with Crippen LogP contribution in [-0.4, -0.2) is 13.4 Å². The Kier molecular flexibility index (Phi) is 3.76. The highest BCUT2D eigenvalue weighted by Crippen LogP contribution is 2.49. The van der Waals surface area contributed by atoms with Crippen LogP contribution in [0.5, 0.6) is 0 Å². The SMILES string of the molecule is c1ccc(-n2c3ccccc3c3cc4c5cc6c(c7cccc8c9ccccc9n6c87)c6c7ccccc7n(c4cc32)c56)cc1. The molecule has 0 aliphatic rings. The molecule has 3 heteroatoms. The molecule has 0 fully saturated rings. The normalized spacial score (nSPS) is 12.9. The van der Waals surface area contributed by atoms with Crippen molar-refractivity contribution in [3.05, 3.63) is 140 Å². The van der Waals surface area contributed by atoms with E-state index >= 15 is 0 Å². The molecule has 45 heavy (non-hydrogen) atoms. The first-order valence-electron chi connectivity index (χ1n) is 15.6. The van der Waals surface area contributed by atoms with Gasteiger partial charge in [0.15, 0.2) is 0 Å². The molecule has 12 aromatic rings. The molecule has 7 aromatic carbocycles. The van der Waals surface area contributed by atoms with Gasteiger partial charge in [0.25, 0.3) is 0 Å². The lowest BCUT2D eigenvalue weighted by Gasteiger charge is -2.07. The Morgan fingerprint density at radius 3 is 1.71 bits per heavy atom. The van der Waals surface area contributed by atoms with Gasteiger partial charge in [-0.2, -0.15) is 0 Å². The van der Waals surface area contributed by atoms with Gasteiger partial charge in [-0.3, -0.25) is 0 Å². The summed E-state index contributed by atoms with van der Waals surface area (Å²) in [5, 5.41) is 13.2. The van der Waals surface area contributed by atoms with E-state index in [1.54, 1.807) is 0 Å². The van der Waals surface area contributed by atoms with E-state index in [2.05, 4.69) is 153 Å². The van der Waals surface area contributed by atoms with E-state index in [0.29, 0.717) is 0 Å². The Hall–Kier alpha value is -6.06. The summed E-state index contributed by atoms with van der Waals surface area (Å²) in [4.78, 5) is 0. The largest absolute Gasteiger partial charge is 0.309 e. The molecule has 0 N–H and O–H groups in total. The number of para-hydroxylation sites is 5. The predicted molar refractivity (Wildman–Crippen MR) is 190 cm³/mol. The molecule has 0 saturated heterocycles. The number of hydrogen-bond acceptors (Lipinski definition) is 0. The predicted octanol–water partition coefficient (Wildman–Crippen LogP) is 11.1. The van der Waals surface area contributed by atoms with Crippen LogP contribution in [0.25, 0.3) is 104 Å². The minimum atomic E-state index is 1.18. The van der Waals surface area contributed by atoms with Crippen LogP contribution in [0.15, 0.2) is 140 Å². The van der Waals surface area contributed by atoms with Crippen LogP contribution in [0.3, 0.4) is 0 Å². The standard InChI is InChI=1S/C42H23N3/c1-2-11-24(12-3-1)43-33-18-7-5-14-26(33)30-21-31-32-22-38-39(29-17-10-16-27-25-13-4-8-19-34(25)45(38)41(27)29)40-28-15-6-9-20-35(28)44(42(32)40)37(31)23-36(30)43/h1-23H. The Morgan fingerprint density at radius 1 is 0.289 bits per heavy atom. The van der Waals surface area contributed by atoms with Gasteiger partial charge in [0.05, 0.1) is 44.1 Å². The van der Waals surface area contributed by atoms with Crippen molar-refractivity contribution < 1.29 is 0 Å². The summed E-state index contributed by atoms with van der Waals surface area (Å²) in [5.41, 5.74) is 11.4. The van der Waals surface area contributed by atoms with Crippen molar-refractivity contribution in [2.45, 2.75) is 0 Å². The minimum absolute atomic E-state index is 1.18. The zero-order chi connectivity index (χ0) is 29.0. The second kappa shape index (κ2) is 7.53. The third kappa shape index (κ3) is 2.47. The summed E-state index contributed by atoms with van der Waals surface area (Å²) in [6.07, 6.45) is 0. The molecular weight excluding hydrogens is 546 g/mol. The number of fused-ring (bicyclic) bond motifs is 16.